The van der Waals surface area contributed by atoms with E-state index < -0.39 is 0 Å². The van der Waals surface area contributed by atoms with Gasteiger partial charge in [0.1, 0.15) is 5.78 Å². The predicted octanol–water partition coefficient (Wildman–Crippen LogP) is 2.63. The number of hydrogen-bond donors (Lipinski definition) is 0. The second-order valence-electron chi connectivity index (χ2n) is 5.64. The number of carbonyl (C=O) groups is 1. The number of Topliss-reactive ketones (excluding diaryl/α,β-unsaturated/α-hetero) is 1. The first-order valence-corrected chi connectivity index (χ1v) is 7.77. The maximum Gasteiger partial charge on any atom is 0.148 e. The van der Waals surface area contributed by atoms with Gasteiger partial charge in [0.25, 0.3) is 0 Å². The van der Waals surface area contributed by atoms with Gasteiger partial charge in [-0.3, -0.25) is 14.4 Å². The maximum atomic E-state index is 12.1. The van der Waals surface area contributed by atoms with E-state index in [-0.39, 0.29) is 5.78 Å². The highest BCUT2D eigenvalue weighted by Crippen LogP contribution is 2.21. The monoisotopic (exact) mass is 295 g/mol. The summed E-state index contributed by atoms with van der Waals surface area (Å²) in [6, 6.07) is 12.4. The summed E-state index contributed by atoms with van der Waals surface area (Å²) in [6.07, 6.45) is 7.44. The lowest BCUT2D eigenvalue weighted by Gasteiger charge is -2.25. The Morgan fingerprint density at radius 2 is 2.05 bits per heavy atom. The van der Waals surface area contributed by atoms with Crippen LogP contribution in [0.15, 0.2) is 54.9 Å². The summed E-state index contributed by atoms with van der Waals surface area (Å²) in [7, 11) is 0. The maximum absolute atomic E-state index is 12.1. The molecular formula is C18H21N3O. The zero-order valence-electron chi connectivity index (χ0n) is 12.7. The number of nitrogens with zero attached hydrogens (tertiary/aromatic N) is 3. The zero-order valence-corrected chi connectivity index (χ0v) is 12.7. The molecule has 0 atom stereocenters. The summed E-state index contributed by atoms with van der Waals surface area (Å²) in [5.41, 5.74) is 2.69. The van der Waals surface area contributed by atoms with Crippen LogP contribution in [0.25, 0.3) is 5.57 Å². The fourth-order valence-electron chi connectivity index (χ4n) is 2.77. The molecule has 2 heterocycles. The van der Waals surface area contributed by atoms with Crippen LogP contribution in [0.1, 0.15) is 18.4 Å². The number of hydrogen-bond acceptors (Lipinski definition) is 3. The highest BCUT2D eigenvalue weighted by molar-refractivity contribution is 5.80. The second-order valence-corrected chi connectivity index (χ2v) is 5.64. The number of carbonyl (C=O) groups excluding carboxylic acids is 1. The topological polar surface area (TPSA) is 38.1 Å². The van der Waals surface area contributed by atoms with E-state index in [0.717, 1.165) is 19.5 Å². The van der Waals surface area contributed by atoms with E-state index in [1.807, 2.05) is 23.0 Å². The zero-order chi connectivity index (χ0) is 15.2. The van der Waals surface area contributed by atoms with Crippen LogP contribution in [0.3, 0.4) is 0 Å². The van der Waals surface area contributed by atoms with Gasteiger partial charge in [0.2, 0.25) is 0 Å². The first kappa shape index (κ1) is 14.7. The van der Waals surface area contributed by atoms with Crippen molar-refractivity contribution >= 4 is 11.4 Å². The van der Waals surface area contributed by atoms with E-state index >= 15 is 0 Å². The fourth-order valence-corrected chi connectivity index (χ4v) is 2.77. The first-order valence-electron chi connectivity index (χ1n) is 7.77. The minimum absolute atomic E-state index is 0.284. The third kappa shape index (κ3) is 3.92. The van der Waals surface area contributed by atoms with Crippen molar-refractivity contribution in [3.63, 3.8) is 0 Å². The van der Waals surface area contributed by atoms with Crippen molar-refractivity contribution in [3.05, 3.63) is 60.4 Å². The molecule has 0 spiro atoms. The third-order valence-corrected chi connectivity index (χ3v) is 4.02. The molecule has 0 saturated heterocycles. The van der Waals surface area contributed by atoms with Crippen LogP contribution < -0.4 is 0 Å². The molecule has 0 fully saturated rings. The molecule has 0 bridgehead atoms. The van der Waals surface area contributed by atoms with Gasteiger partial charge in [-0.25, -0.2) is 0 Å². The van der Waals surface area contributed by atoms with Gasteiger partial charge in [-0.15, -0.1) is 0 Å². The number of aromatic nitrogens is 2. The van der Waals surface area contributed by atoms with Crippen molar-refractivity contribution in [1.29, 1.82) is 0 Å². The Kier molecular flexibility index (Phi) is 4.81. The molecule has 1 aromatic heterocycles. The van der Waals surface area contributed by atoms with Crippen LogP contribution in [-0.2, 0) is 11.3 Å². The standard InChI is InChI=1S/C18H21N3O/c22-18(9-14-21-11-4-10-19-21)15-20-12-7-17(8-13-20)16-5-2-1-3-6-16/h1-7,10-11H,8-9,12-15H2. The lowest BCUT2D eigenvalue weighted by molar-refractivity contribution is -0.120. The Balaban J connectivity index is 1.47. The lowest BCUT2D eigenvalue weighted by Crippen LogP contribution is -2.33. The van der Waals surface area contributed by atoms with E-state index in [1.165, 1.54) is 11.1 Å². The number of benzene rings is 1. The first-order chi connectivity index (χ1) is 10.8. The van der Waals surface area contributed by atoms with Crippen LogP contribution in [0.4, 0.5) is 0 Å². The summed E-state index contributed by atoms with van der Waals surface area (Å²) in [5.74, 6) is 0.284. The molecule has 1 aliphatic rings. The van der Waals surface area contributed by atoms with Crippen molar-refractivity contribution < 1.29 is 4.79 Å². The molecule has 4 nitrogen and oxygen atoms in total. The molecule has 0 unspecified atom stereocenters. The largest absolute Gasteiger partial charge is 0.298 e. The molecule has 0 aliphatic carbocycles. The average Bonchev–Trinajstić information content (AvgIpc) is 3.08. The highest BCUT2D eigenvalue weighted by Gasteiger charge is 2.15. The Hall–Kier alpha value is -2.20. The van der Waals surface area contributed by atoms with Crippen LogP contribution in [0.5, 0.6) is 0 Å². The summed E-state index contributed by atoms with van der Waals surface area (Å²) < 4.78 is 1.81. The SMILES string of the molecule is O=C(CCn1cccn1)CN1CC=C(c2ccccc2)CC1. The normalized spacial score (nSPS) is 15.5. The molecule has 114 valence electrons. The minimum Gasteiger partial charge on any atom is -0.298 e. The van der Waals surface area contributed by atoms with E-state index in [4.69, 9.17) is 0 Å². The van der Waals surface area contributed by atoms with Gasteiger partial charge in [0.05, 0.1) is 6.54 Å². The number of aryl methyl sites for hydroxylation is 1. The number of ketones is 1. The molecule has 4 heteroatoms. The van der Waals surface area contributed by atoms with Crippen LogP contribution >= 0.6 is 0 Å². The van der Waals surface area contributed by atoms with Crippen LogP contribution in [-0.4, -0.2) is 40.1 Å². The smallest absolute Gasteiger partial charge is 0.148 e. The van der Waals surface area contributed by atoms with Gasteiger partial charge >= 0.3 is 0 Å². The quantitative estimate of drug-likeness (QED) is 0.822. The predicted molar refractivity (Wildman–Crippen MR) is 87.3 cm³/mol. The van der Waals surface area contributed by atoms with Crippen molar-refractivity contribution in [3.8, 4) is 0 Å². The highest BCUT2D eigenvalue weighted by atomic mass is 16.1. The van der Waals surface area contributed by atoms with Gasteiger partial charge in [-0.1, -0.05) is 36.4 Å². The van der Waals surface area contributed by atoms with Gasteiger partial charge in [-0.2, -0.15) is 5.10 Å². The lowest BCUT2D eigenvalue weighted by atomic mass is 9.99. The van der Waals surface area contributed by atoms with E-state index in [9.17, 15) is 4.79 Å². The minimum atomic E-state index is 0.284. The van der Waals surface area contributed by atoms with Gasteiger partial charge in [-0.05, 0) is 23.6 Å². The molecule has 0 amide bonds. The van der Waals surface area contributed by atoms with Gasteiger partial charge < -0.3 is 0 Å². The van der Waals surface area contributed by atoms with Crippen molar-refractivity contribution in [2.45, 2.75) is 19.4 Å². The van der Waals surface area contributed by atoms with E-state index in [0.29, 0.717) is 19.5 Å². The molecule has 2 aromatic rings. The summed E-state index contributed by atoms with van der Waals surface area (Å²) in [5, 5.41) is 4.12. The summed E-state index contributed by atoms with van der Waals surface area (Å²) >= 11 is 0. The molecule has 22 heavy (non-hydrogen) atoms. The Labute approximate surface area is 131 Å². The Morgan fingerprint density at radius 3 is 2.73 bits per heavy atom. The molecule has 1 aromatic carbocycles. The van der Waals surface area contributed by atoms with Crippen molar-refractivity contribution in [2.24, 2.45) is 0 Å². The summed E-state index contributed by atoms with van der Waals surface area (Å²) in [6.45, 7) is 3.02. The molecule has 1 aliphatic heterocycles. The van der Waals surface area contributed by atoms with Crippen LogP contribution in [0, 0.1) is 0 Å². The Bertz CT molecular complexity index is 632. The molecule has 0 radical (unpaired) electrons. The van der Waals surface area contributed by atoms with Crippen molar-refractivity contribution in [1.82, 2.24) is 14.7 Å². The van der Waals surface area contributed by atoms with Gasteiger partial charge in [0, 0.05) is 38.4 Å². The van der Waals surface area contributed by atoms with E-state index in [2.05, 4.69) is 40.3 Å². The fraction of sp³-hybridized carbons (Fsp3) is 0.333. The van der Waals surface area contributed by atoms with Crippen LogP contribution in [0.2, 0.25) is 0 Å². The van der Waals surface area contributed by atoms with Gasteiger partial charge in [0.15, 0.2) is 0 Å². The molecule has 0 N–H and O–H groups in total. The molecule has 3 rings (SSSR count). The average molecular weight is 295 g/mol. The Morgan fingerprint density at radius 1 is 1.18 bits per heavy atom. The summed E-state index contributed by atoms with van der Waals surface area (Å²) in [4.78, 5) is 14.3. The number of rotatable bonds is 6. The van der Waals surface area contributed by atoms with E-state index in [1.54, 1.807) is 6.20 Å². The third-order valence-electron chi connectivity index (χ3n) is 4.02. The van der Waals surface area contributed by atoms with Crippen molar-refractivity contribution in [2.75, 3.05) is 19.6 Å². The second kappa shape index (κ2) is 7.18. The molecular weight excluding hydrogens is 274 g/mol. The molecule has 0 saturated carbocycles.